The molecule has 0 atom stereocenters. The number of aromatic amines is 1. The Morgan fingerprint density at radius 3 is 2.83 bits per heavy atom. The molecule has 1 aromatic rings. The molecule has 0 bridgehead atoms. The van der Waals surface area contributed by atoms with Crippen LogP contribution in [0, 0.1) is 0 Å². The molecule has 1 heterocycles. The fourth-order valence-electron chi connectivity index (χ4n) is 1.22. The summed E-state index contributed by atoms with van der Waals surface area (Å²) in [4.78, 5) is 14.3. The lowest BCUT2D eigenvalue weighted by atomic mass is 10.2. The Kier molecular flexibility index (Phi) is 6.01. The topological polar surface area (TPSA) is 42.1 Å². The molecule has 18 heavy (non-hydrogen) atoms. The zero-order chi connectivity index (χ0) is 13.4. The van der Waals surface area contributed by atoms with Crippen LogP contribution in [0.5, 0.6) is 0 Å². The Morgan fingerprint density at radius 2 is 2.22 bits per heavy atom. The van der Waals surface area contributed by atoms with Crippen LogP contribution in [0.1, 0.15) is 19.5 Å². The van der Waals surface area contributed by atoms with E-state index in [1.807, 2.05) is 18.2 Å². The number of H-pyrrole nitrogens is 1. The number of carbonyl (C=O) groups is 1. The average Bonchev–Trinajstić information content (AvgIpc) is 2.74. The van der Waals surface area contributed by atoms with Crippen LogP contribution in [0.4, 0.5) is 0 Å². The lowest BCUT2D eigenvalue weighted by molar-refractivity contribution is -0.138. The molecule has 0 unspecified atom stereocenters. The van der Waals surface area contributed by atoms with Gasteiger partial charge in [0.15, 0.2) is 0 Å². The van der Waals surface area contributed by atoms with Crippen LogP contribution in [0.3, 0.4) is 0 Å². The molecular weight excluding hydrogens is 250 g/mol. The zero-order valence-electron chi connectivity index (χ0n) is 10.4. The summed E-state index contributed by atoms with van der Waals surface area (Å²) in [6.45, 7) is 3.89. The predicted octanol–water partition coefficient (Wildman–Crippen LogP) is 3.75. The van der Waals surface area contributed by atoms with Crippen molar-refractivity contribution in [3.05, 3.63) is 52.9 Å². The van der Waals surface area contributed by atoms with Crippen molar-refractivity contribution >= 4 is 23.6 Å². The molecular formula is C14H16ClNO2. The van der Waals surface area contributed by atoms with Crippen LogP contribution in [-0.2, 0) is 9.53 Å². The molecule has 0 aliphatic carbocycles. The molecule has 0 fully saturated rings. The van der Waals surface area contributed by atoms with Gasteiger partial charge in [-0.3, -0.25) is 0 Å². The Balaban J connectivity index is 2.51. The number of ether oxygens (including phenoxy) is 1. The lowest BCUT2D eigenvalue weighted by Crippen LogP contribution is -2.04. The van der Waals surface area contributed by atoms with Crippen LogP contribution >= 0.6 is 11.6 Å². The van der Waals surface area contributed by atoms with Gasteiger partial charge >= 0.3 is 5.97 Å². The van der Waals surface area contributed by atoms with Gasteiger partial charge in [0.25, 0.3) is 0 Å². The van der Waals surface area contributed by atoms with Gasteiger partial charge in [-0.1, -0.05) is 35.9 Å². The SMILES string of the molecule is CCOC(=O)/C(C)=C/C=C/C=C/c1[nH]ccc1Cl. The lowest BCUT2D eigenvalue weighted by Gasteiger charge is -1.98. The van der Waals surface area contributed by atoms with Gasteiger partial charge in [-0.05, 0) is 26.0 Å². The number of hydrogen-bond donors (Lipinski definition) is 1. The highest BCUT2D eigenvalue weighted by molar-refractivity contribution is 6.31. The molecule has 4 heteroatoms. The van der Waals surface area contributed by atoms with Crippen molar-refractivity contribution in [2.45, 2.75) is 13.8 Å². The first kappa shape index (κ1) is 14.3. The quantitative estimate of drug-likeness (QED) is 0.501. The van der Waals surface area contributed by atoms with Gasteiger partial charge in [0.1, 0.15) is 0 Å². The standard InChI is InChI=1S/C14H16ClNO2/c1-3-18-14(17)11(2)7-5-4-6-8-13-12(15)9-10-16-13/h4-10,16H,3H2,1-2H3/b5-4+,8-6+,11-7+. The van der Waals surface area contributed by atoms with Crippen molar-refractivity contribution in [1.82, 2.24) is 4.98 Å². The van der Waals surface area contributed by atoms with Crippen LogP contribution in [0.2, 0.25) is 5.02 Å². The number of hydrogen-bond acceptors (Lipinski definition) is 2. The average molecular weight is 266 g/mol. The van der Waals surface area contributed by atoms with Crippen molar-refractivity contribution in [1.29, 1.82) is 0 Å². The first-order valence-electron chi connectivity index (χ1n) is 5.66. The fraction of sp³-hybridized carbons (Fsp3) is 0.214. The van der Waals surface area contributed by atoms with Crippen LogP contribution < -0.4 is 0 Å². The van der Waals surface area contributed by atoms with E-state index in [-0.39, 0.29) is 5.97 Å². The van der Waals surface area contributed by atoms with E-state index >= 15 is 0 Å². The number of esters is 1. The van der Waals surface area contributed by atoms with E-state index in [9.17, 15) is 4.79 Å². The van der Waals surface area contributed by atoms with Gasteiger partial charge in [0, 0.05) is 11.8 Å². The Morgan fingerprint density at radius 1 is 1.44 bits per heavy atom. The Bertz CT molecular complexity index is 484. The molecule has 96 valence electrons. The Labute approximate surface area is 112 Å². The molecule has 0 aliphatic heterocycles. The van der Waals surface area contributed by atoms with Crippen molar-refractivity contribution in [2.24, 2.45) is 0 Å². The smallest absolute Gasteiger partial charge is 0.333 e. The number of aromatic nitrogens is 1. The molecule has 1 N–H and O–H groups in total. The summed E-state index contributed by atoms with van der Waals surface area (Å²) in [5, 5.41) is 0.679. The highest BCUT2D eigenvalue weighted by Crippen LogP contribution is 2.14. The molecule has 1 rings (SSSR count). The molecule has 0 radical (unpaired) electrons. The molecule has 0 saturated carbocycles. The van der Waals surface area contributed by atoms with E-state index in [0.717, 1.165) is 5.69 Å². The van der Waals surface area contributed by atoms with Crippen molar-refractivity contribution in [2.75, 3.05) is 6.61 Å². The first-order valence-corrected chi connectivity index (χ1v) is 6.04. The van der Waals surface area contributed by atoms with E-state index in [2.05, 4.69) is 4.98 Å². The molecule has 0 saturated heterocycles. The molecule has 0 aliphatic rings. The molecule has 1 aromatic heterocycles. The van der Waals surface area contributed by atoms with Crippen LogP contribution in [-0.4, -0.2) is 17.6 Å². The van der Waals surface area contributed by atoms with Crippen molar-refractivity contribution in [3.63, 3.8) is 0 Å². The zero-order valence-corrected chi connectivity index (χ0v) is 11.2. The van der Waals surface area contributed by atoms with Crippen LogP contribution in [0.25, 0.3) is 6.08 Å². The van der Waals surface area contributed by atoms with Gasteiger partial charge in [0.05, 0.1) is 17.3 Å². The minimum Gasteiger partial charge on any atom is -0.463 e. The number of allylic oxidation sites excluding steroid dienone is 4. The van der Waals surface area contributed by atoms with E-state index in [1.54, 1.807) is 38.3 Å². The molecule has 3 nitrogen and oxygen atoms in total. The maximum atomic E-state index is 11.3. The second kappa shape index (κ2) is 7.56. The van der Waals surface area contributed by atoms with Crippen molar-refractivity contribution in [3.8, 4) is 0 Å². The van der Waals surface area contributed by atoms with Gasteiger partial charge in [-0.25, -0.2) is 4.79 Å². The monoisotopic (exact) mass is 265 g/mol. The Hall–Kier alpha value is -1.74. The third kappa shape index (κ3) is 4.63. The minimum atomic E-state index is -0.293. The first-order chi connectivity index (χ1) is 8.65. The number of nitrogens with one attached hydrogen (secondary N) is 1. The molecule has 0 amide bonds. The normalized spacial score (nSPS) is 12.5. The largest absolute Gasteiger partial charge is 0.463 e. The maximum absolute atomic E-state index is 11.3. The number of rotatable bonds is 5. The summed E-state index contributed by atoms with van der Waals surface area (Å²) in [6, 6.07) is 1.79. The van der Waals surface area contributed by atoms with E-state index in [0.29, 0.717) is 17.2 Å². The van der Waals surface area contributed by atoms with Gasteiger partial charge in [0.2, 0.25) is 0 Å². The number of halogens is 1. The second-order valence-electron chi connectivity index (χ2n) is 3.55. The molecule has 0 spiro atoms. The maximum Gasteiger partial charge on any atom is 0.333 e. The van der Waals surface area contributed by atoms with E-state index < -0.39 is 0 Å². The summed E-state index contributed by atoms with van der Waals surface area (Å²) in [5.41, 5.74) is 1.42. The van der Waals surface area contributed by atoms with Crippen LogP contribution in [0.15, 0.2) is 42.1 Å². The van der Waals surface area contributed by atoms with Gasteiger partial charge < -0.3 is 9.72 Å². The third-order valence-electron chi connectivity index (χ3n) is 2.15. The van der Waals surface area contributed by atoms with E-state index in [1.165, 1.54) is 0 Å². The van der Waals surface area contributed by atoms with E-state index in [4.69, 9.17) is 16.3 Å². The summed E-state index contributed by atoms with van der Waals surface area (Å²) in [6.07, 6.45) is 10.8. The van der Waals surface area contributed by atoms with Gasteiger partial charge in [-0.2, -0.15) is 0 Å². The second-order valence-corrected chi connectivity index (χ2v) is 3.96. The summed E-state index contributed by atoms with van der Waals surface area (Å²) >= 11 is 5.90. The summed E-state index contributed by atoms with van der Waals surface area (Å²) in [5.74, 6) is -0.293. The number of carbonyl (C=O) groups excluding carboxylic acids is 1. The minimum absolute atomic E-state index is 0.293. The predicted molar refractivity (Wildman–Crippen MR) is 74.4 cm³/mol. The third-order valence-corrected chi connectivity index (χ3v) is 2.48. The summed E-state index contributed by atoms with van der Waals surface area (Å²) < 4.78 is 4.85. The summed E-state index contributed by atoms with van der Waals surface area (Å²) in [7, 11) is 0. The highest BCUT2D eigenvalue weighted by atomic mass is 35.5. The molecule has 0 aromatic carbocycles. The highest BCUT2D eigenvalue weighted by Gasteiger charge is 2.01. The van der Waals surface area contributed by atoms with Gasteiger partial charge in [-0.15, -0.1) is 0 Å². The fourth-order valence-corrected chi connectivity index (χ4v) is 1.40. The van der Waals surface area contributed by atoms with Crippen molar-refractivity contribution < 1.29 is 9.53 Å².